The summed E-state index contributed by atoms with van der Waals surface area (Å²) in [5, 5.41) is 12.7. The monoisotopic (exact) mass is 254 g/mol. The van der Waals surface area contributed by atoms with Gasteiger partial charge in [0.2, 0.25) is 0 Å². The molecule has 4 heteroatoms. The molecule has 2 unspecified atom stereocenters. The second-order valence-electron chi connectivity index (χ2n) is 6.70. The summed E-state index contributed by atoms with van der Waals surface area (Å²) >= 11 is 0. The Morgan fingerprint density at radius 2 is 2.17 bits per heavy atom. The molecule has 1 saturated carbocycles. The molecule has 2 aliphatic rings. The largest absolute Gasteiger partial charge is 0.480 e. The zero-order chi connectivity index (χ0) is 13.4. The number of carbonyl (C=O) groups is 1. The Balaban J connectivity index is 2.01. The molecule has 0 bridgehead atoms. The number of carboxylic acids is 1. The van der Waals surface area contributed by atoms with Crippen LogP contribution >= 0.6 is 0 Å². The number of rotatable bonds is 4. The van der Waals surface area contributed by atoms with E-state index in [-0.39, 0.29) is 0 Å². The molecule has 0 aromatic heterocycles. The molecule has 4 nitrogen and oxygen atoms in total. The van der Waals surface area contributed by atoms with Gasteiger partial charge in [0.05, 0.1) is 0 Å². The molecule has 0 amide bonds. The number of likely N-dealkylation sites (N-methyl/N-ethyl adjacent to an activating group) is 1. The Hall–Kier alpha value is -0.610. The van der Waals surface area contributed by atoms with E-state index in [0.29, 0.717) is 11.5 Å². The van der Waals surface area contributed by atoms with Crippen molar-refractivity contribution in [3.63, 3.8) is 0 Å². The molecular formula is C14H26N2O2. The molecule has 2 fully saturated rings. The number of nitrogens with zero attached hydrogens (tertiary/aromatic N) is 1. The molecule has 1 saturated heterocycles. The fourth-order valence-electron chi connectivity index (χ4n) is 3.57. The van der Waals surface area contributed by atoms with Crippen LogP contribution in [0, 0.1) is 5.41 Å². The average molecular weight is 254 g/mol. The van der Waals surface area contributed by atoms with Gasteiger partial charge in [-0.15, -0.1) is 0 Å². The number of nitrogens with one attached hydrogen (secondary N) is 1. The lowest BCUT2D eigenvalue weighted by molar-refractivity contribution is -0.144. The van der Waals surface area contributed by atoms with E-state index >= 15 is 0 Å². The summed E-state index contributed by atoms with van der Waals surface area (Å²) in [6.45, 7) is 9.55. The number of carboxylic acid groups (broad SMARTS) is 1. The van der Waals surface area contributed by atoms with Gasteiger partial charge in [-0.05, 0) is 44.2 Å². The van der Waals surface area contributed by atoms with Crippen molar-refractivity contribution in [3.05, 3.63) is 0 Å². The smallest absolute Gasteiger partial charge is 0.323 e. The average Bonchev–Trinajstić information content (AvgIpc) is 2.83. The van der Waals surface area contributed by atoms with Crippen LogP contribution in [0.4, 0.5) is 0 Å². The minimum absolute atomic E-state index is 0.395. The normalized spacial score (nSPS) is 36.1. The Labute approximate surface area is 110 Å². The number of hydrogen-bond acceptors (Lipinski definition) is 3. The summed E-state index contributed by atoms with van der Waals surface area (Å²) in [7, 11) is 0. The molecule has 1 aliphatic heterocycles. The molecular weight excluding hydrogens is 228 g/mol. The lowest BCUT2D eigenvalue weighted by Gasteiger charge is -2.29. The molecule has 2 N–H and O–H groups in total. The first-order chi connectivity index (χ1) is 8.38. The van der Waals surface area contributed by atoms with E-state index in [9.17, 15) is 9.90 Å². The zero-order valence-corrected chi connectivity index (χ0v) is 11.8. The highest BCUT2D eigenvalue weighted by Gasteiger charge is 2.47. The lowest BCUT2D eigenvalue weighted by atomic mass is 9.93. The van der Waals surface area contributed by atoms with Crippen LogP contribution in [0.5, 0.6) is 0 Å². The Bertz CT molecular complexity index is 330. The summed E-state index contributed by atoms with van der Waals surface area (Å²) in [6.07, 6.45) is 3.75. The molecule has 1 aliphatic carbocycles. The molecule has 2 rings (SSSR count). The topological polar surface area (TPSA) is 52.6 Å². The van der Waals surface area contributed by atoms with Crippen LogP contribution < -0.4 is 5.32 Å². The fourth-order valence-corrected chi connectivity index (χ4v) is 3.57. The summed E-state index contributed by atoms with van der Waals surface area (Å²) in [5.74, 6) is -0.676. The molecule has 18 heavy (non-hydrogen) atoms. The number of aliphatic carboxylic acids is 1. The first-order valence-electron chi connectivity index (χ1n) is 7.11. The highest BCUT2D eigenvalue weighted by Crippen LogP contribution is 2.38. The van der Waals surface area contributed by atoms with Gasteiger partial charge in [0, 0.05) is 12.6 Å². The van der Waals surface area contributed by atoms with E-state index in [1.165, 1.54) is 6.42 Å². The van der Waals surface area contributed by atoms with Crippen LogP contribution in [0.1, 0.15) is 46.5 Å². The van der Waals surface area contributed by atoms with Crippen LogP contribution in [0.15, 0.2) is 0 Å². The van der Waals surface area contributed by atoms with Crippen molar-refractivity contribution in [2.75, 3.05) is 19.6 Å². The van der Waals surface area contributed by atoms with Gasteiger partial charge in [0.1, 0.15) is 5.54 Å². The van der Waals surface area contributed by atoms with Crippen molar-refractivity contribution in [1.82, 2.24) is 10.2 Å². The van der Waals surface area contributed by atoms with E-state index in [4.69, 9.17) is 0 Å². The van der Waals surface area contributed by atoms with Crippen LogP contribution in [0.2, 0.25) is 0 Å². The maximum atomic E-state index is 11.5. The Morgan fingerprint density at radius 1 is 1.44 bits per heavy atom. The summed E-state index contributed by atoms with van der Waals surface area (Å²) < 4.78 is 0. The zero-order valence-electron chi connectivity index (χ0n) is 11.8. The van der Waals surface area contributed by atoms with Crippen LogP contribution in [0.25, 0.3) is 0 Å². The summed E-state index contributed by atoms with van der Waals surface area (Å²) in [5.41, 5.74) is -0.279. The number of likely N-dealkylation sites (tertiary alicyclic amines) is 1. The number of hydrogen-bond donors (Lipinski definition) is 2. The van der Waals surface area contributed by atoms with Gasteiger partial charge < -0.3 is 10.4 Å². The van der Waals surface area contributed by atoms with Crippen molar-refractivity contribution >= 4 is 5.97 Å². The van der Waals surface area contributed by atoms with Crippen molar-refractivity contribution in [1.29, 1.82) is 0 Å². The van der Waals surface area contributed by atoms with E-state index < -0.39 is 11.5 Å². The second kappa shape index (κ2) is 4.82. The van der Waals surface area contributed by atoms with Crippen molar-refractivity contribution < 1.29 is 9.90 Å². The minimum Gasteiger partial charge on any atom is -0.480 e. The predicted molar refractivity (Wildman–Crippen MR) is 71.7 cm³/mol. The summed E-state index contributed by atoms with van der Waals surface area (Å²) in [6, 6.07) is 0.446. The highest BCUT2D eigenvalue weighted by atomic mass is 16.4. The van der Waals surface area contributed by atoms with E-state index in [2.05, 4.69) is 24.1 Å². The molecule has 1 heterocycles. The van der Waals surface area contributed by atoms with Gasteiger partial charge in [0.15, 0.2) is 0 Å². The SMILES string of the molecule is CCNC1(C(=O)O)CCC(N2CCC(C)(C)C2)C1. The van der Waals surface area contributed by atoms with Gasteiger partial charge in [-0.25, -0.2) is 0 Å². The predicted octanol–water partition coefficient (Wildman–Crippen LogP) is 1.70. The standard InChI is InChI=1S/C14H26N2O2/c1-4-15-14(12(17)18)6-5-11(9-14)16-8-7-13(2,3)10-16/h11,15H,4-10H2,1-3H3,(H,17,18). The van der Waals surface area contributed by atoms with Crippen LogP contribution in [-0.4, -0.2) is 47.2 Å². The maximum absolute atomic E-state index is 11.5. The van der Waals surface area contributed by atoms with Gasteiger partial charge in [0.25, 0.3) is 0 Å². The van der Waals surface area contributed by atoms with E-state index in [0.717, 1.165) is 38.9 Å². The first kappa shape index (κ1) is 13.8. The third-order valence-electron chi connectivity index (χ3n) is 4.64. The first-order valence-corrected chi connectivity index (χ1v) is 7.11. The van der Waals surface area contributed by atoms with Gasteiger partial charge in [-0.1, -0.05) is 20.8 Å². The van der Waals surface area contributed by atoms with E-state index in [1.807, 2.05) is 6.92 Å². The van der Waals surface area contributed by atoms with Gasteiger partial charge in [-0.2, -0.15) is 0 Å². The molecule has 0 aromatic carbocycles. The molecule has 2 atom stereocenters. The lowest BCUT2D eigenvalue weighted by Crippen LogP contribution is -2.51. The summed E-state index contributed by atoms with van der Waals surface area (Å²) in [4.78, 5) is 14.0. The molecule has 0 radical (unpaired) electrons. The van der Waals surface area contributed by atoms with E-state index in [1.54, 1.807) is 0 Å². The Morgan fingerprint density at radius 3 is 2.67 bits per heavy atom. The minimum atomic E-state index is -0.676. The van der Waals surface area contributed by atoms with Crippen molar-refractivity contribution in [2.45, 2.75) is 58.0 Å². The second-order valence-corrected chi connectivity index (χ2v) is 6.70. The van der Waals surface area contributed by atoms with Crippen molar-refractivity contribution in [2.24, 2.45) is 5.41 Å². The maximum Gasteiger partial charge on any atom is 0.323 e. The van der Waals surface area contributed by atoms with Crippen molar-refractivity contribution in [3.8, 4) is 0 Å². The molecule has 0 spiro atoms. The third-order valence-corrected chi connectivity index (χ3v) is 4.64. The fraction of sp³-hybridized carbons (Fsp3) is 0.929. The third kappa shape index (κ3) is 2.54. The van der Waals surface area contributed by atoms with Crippen LogP contribution in [-0.2, 0) is 4.79 Å². The molecule has 104 valence electrons. The van der Waals surface area contributed by atoms with Gasteiger partial charge >= 0.3 is 5.97 Å². The Kier molecular flexibility index (Phi) is 3.70. The van der Waals surface area contributed by atoms with Gasteiger partial charge in [-0.3, -0.25) is 9.69 Å². The molecule has 0 aromatic rings. The van der Waals surface area contributed by atoms with Crippen LogP contribution in [0.3, 0.4) is 0 Å². The quantitative estimate of drug-likeness (QED) is 0.802. The highest BCUT2D eigenvalue weighted by molar-refractivity contribution is 5.79.